The number of urea groups is 1. The zero-order valence-electron chi connectivity index (χ0n) is 14.6. The average Bonchev–Trinajstić information content (AvgIpc) is 2.81. The van der Waals surface area contributed by atoms with Crippen molar-refractivity contribution in [2.75, 3.05) is 6.26 Å². The minimum absolute atomic E-state index is 0.0827. The summed E-state index contributed by atoms with van der Waals surface area (Å²) in [5.74, 6) is -0.604. The molecule has 3 rings (SSSR count). The van der Waals surface area contributed by atoms with Crippen molar-refractivity contribution >= 4 is 27.7 Å². The number of benzene rings is 1. The highest BCUT2D eigenvalue weighted by Gasteiger charge is 2.52. The van der Waals surface area contributed by atoms with E-state index in [1.807, 2.05) is 0 Å². The summed E-state index contributed by atoms with van der Waals surface area (Å²) < 4.78 is 22.9. The molecule has 140 valence electrons. The molecule has 2 aliphatic rings. The number of rotatable bonds is 3. The molecule has 0 bridgehead atoms. The number of hydrazine groups is 1. The lowest BCUT2D eigenvalue weighted by Crippen LogP contribution is -2.51. The molecule has 1 aliphatic heterocycles. The first-order valence-electron chi connectivity index (χ1n) is 8.40. The molecule has 0 unspecified atom stereocenters. The van der Waals surface area contributed by atoms with Gasteiger partial charge in [-0.15, -0.1) is 0 Å². The van der Waals surface area contributed by atoms with E-state index in [0.717, 1.165) is 24.1 Å². The number of amides is 4. The van der Waals surface area contributed by atoms with Gasteiger partial charge in [-0.2, -0.15) is 5.01 Å². The van der Waals surface area contributed by atoms with Gasteiger partial charge in [0.05, 0.1) is 4.90 Å². The van der Waals surface area contributed by atoms with Crippen LogP contribution in [0.4, 0.5) is 4.79 Å². The van der Waals surface area contributed by atoms with E-state index in [2.05, 4.69) is 17.7 Å². The Morgan fingerprint density at radius 3 is 2.31 bits per heavy atom. The molecule has 1 aromatic carbocycles. The van der Waals surface area contributed by atoms with Gasteiger partial charge in [-0.1, -0.05) is 6.92 Å². The van der Waals surface area contributed by atoms with Crippen LogP contribution in [0.3, 0.4) is 0 Å². The molecule has 1 aliphatic carbocycles. The lowest BCUT2D eigenvalue weighted by Gasteiger charge is -2.33. The fourth-order valence-corrected chi connectivity index (χ4v) is 3.97. The van der Waals surface area contributed by atoms with Crippen LogP contribution in [-0.4, -0.2) is 43.1 Å². The van der Waals surface area contributed by atoms with Gasteiger partial charge in [-0.25, -0.2) is 13.2 Å². The van der Waals surface area contributed by atoms with Crippen molar-refractivity contribution in [3.8, 4) is 0 Å². The van der Waals surface area contributed by atoms with Crippen molar-refractivity contribution in [3.63, 3.8) is 0 Å². The van der Waals surface area contributed by atoms with Gasteiger partial charge in [-0.3, -0.25) is 15.0 Å². The SMILES string of the molecule is CC1CCC2(CC1)NC(=O)N(NC(=O)c1ccc(S(C)(=O)=O)cc1)C2=O. The van der Waals surface area contributed by atoms with Gasteiger partial charge in [0.2, 0.25) is 0 Å². The Bertz CT molecular complexity index is 855. The van der Waals surface area contributed by atoms with Crippen molar-refractivity contribution in [2.45, 2.75) is 43.0 Å². The molecule has 4 amide bonds. The van der Waals surface area contributed by atoms with Crippen molar-refractivity contribution in [1.82, 2.24) is 15.8 Å². The van der Waals surface area contributed by atoms with E-state index in [0.29, 0.717) is 18.8 Å². The molecule has 2 N–H and O–H groups in total. The van der Waals surface area contributed by atoms with Crippen LogP contribution >= 0.6 is 0 Å². The van der Waals surface area contributed by atoms with Crippen molar-refractivity contribution < 1.29 is 22.8 Å². The largest absolute Gasteiger partial charge is 0.344 e. The Hall–Kier alpha value is -2.42. The number of nitrogens with zero attached hydrogens (tertiary/aromatic N) is 1. The minimum Gasteiger partial charge on any atom is -0.322 e. The highest BCUT2D eigenvalue weighted by atomic mass is 32.2. The average molecular weight is 379 g/mol. The molecule has 1 saturated heterocycles. The van der Waals surface area contributed by atoms with Crippen LogP contribution < -0.4 is 10.7 Å². The number of hydrogen-bond donors (Lipinski definition) is 2. The highest BCUT2D eigenvalue weighted by Crippen LogP contribution is 2.35. The van der Waals surface area contributed by atoms with Crippen LogP contribution in [0.5, 0.6) is 0 Å². The molecule has 0 radical (unpaired) electrons. The predicted molar refractivity (Wildman–Crippen MR) is 92.8 cm³/mol. The third kappa shape index (κ3) is 3.31. The van der Waals surface area contributed by atoms with Crippen LogP contribution in [-0.2, 0) is 14.6 Å². The summed E-state index contributed by atoms with van der Waals surface area (Å²) in [6, 6.07) is 4.63. The van der Waals surface area contributed by atoms with Gasteiger partial charge in [0.1, 0.15) is 5.54 Å². The summed E-state index contributed by atoms with van der Waals surface area (Å²) in [4.78, 5) is 37.3. The quantitative estimate of drug-likeness (QED) is 0.767. The summed E-state index contributed by atoms with van der Waals surface area (Å²) in [6.07, 6.45) is 3.84. The number of nitrogens with one attached hydrogen (secondary N) is 2. The van der Waals surface area contributed by atoms with E-state index in [1.54, 1.807) is 0 Å². The molecule has 8 nitrogen and oxygen atoms in total. The minimum atomic E-state index is -3.37. The molecule has 1 spiro atoms. The smallest absolute Gasteiger partial charge is 0.322 e. The standard InChI is InChI=1S/C17H21N3O5S/c1-11-7-9-17(10-8-11)15(22)20(16(23)18-17)19-14(21)12-3-5-13(6-4-12)26(2,24)25/h3-6,11H,7-10H2,1-2H3,(H,18,23)(H,19,21). The maximum Gasteiger partial charge on any atom is 0.344 e. The zero-order chi connectivity index (χ0) is 19.1. The Morgan fingerprint density at radius 2 is 1.77 bits per heavy atom. The Labute approximate surface area is 151 Å². The lowest BCUT2D eigenvalue weighted by atomic mass is 9.77. The van der Waals surface area contributed by atoms with Gasteiger partial charge < -0.3 is 5.32 Å². The van der Waals surface area contributed by atoms with Gasteiger partial charge in [0.15, 0.2) is 9.84 Å². The molecule has 0 aromatic heterocycles. The van der Waals surface area contributed by atoms with Crippen LogP contribution in [0.2, 0.25) is 0 Å². The molecule has 0 atom stereocenters. The lowest BCUT2D eigenvalue weighted by molar-refractivity contribution is -0.134. The van der Waals surface area contributed by atoms with E-state index >= 15 is 0 Å². The third-order valence-corrected chi connectivity index (χ3v) is 6.18. The molecule has 2 fully saturated rings. The first-order chi connectivity index (χ1) is 12.1. The van der Waals surface area contributed by atoms with E-state index in [-0.39, 0.29) is 10.5 Å². The molecule has 1 heterocycles. The summed E-state index contributed by atoms with van der Waals surface area (Å²) in [6.45, 7) is 2.10. The summed E-state index contributed by atoms with van der Waals surface area (Å²) >= 11 is 0. The van der Waals surface area contributed by atoms with Crippen LogP contribution in [0.15, 0.2) is 29.2 Å². The molecule has 9 heteroatoms. The predicted octanol–water partition coefficient (Wildman–Crippen LogP) is 1.24. The van der Waals surface area contributed by atoms with Crippen molar-refractivity contribution in [2.24, 2.45) is 5.92 Å². The van der Waals surface area contributed by atoms with Gasteiger partial charge in [0.25, 0.3) is 11.8 Å². The van der Waals surface area contributed by atoms with Gasteiger partial charge in [-0.05, 0) is 55.9 Å². The highest BCUT2D eigenvalue weighted by molar-refractivity contribution is 7.90. The molecule has 26 heavy (non-hydrogen) atoms. The molecule has 1 aromatic rings. The number of carbonyl (C=O) groups excluding carboxylic acids is 3. The van der Waals surface area contributed by atoms with Crippen molar-refractivity contribution in [3.05, 3.63) is 29.8 Å². The summed E-state index contributed by atoms with van der Waals surface area (Å²) in [7, 11) is -3.37. The first kappa shape index (κ1) is 18.4. The molecule has 1 saturated carbocycles. The second-order valence-electron chi connectivity index (χ2n) is 7.07. The van der Waals surface area contributed by atoms with E-state index in [4.69, 9.17) is 0 Å². The number of imide groups is 1. The first-order valence-corrected chi connectivity index (χ1v) is 10.3. The fourth-order valence-electron chi connectivity index (χ4n) is 3.34. The third-order valence-electron chi connectivity index (χ3n) is 5.05. The number of carbonyl (C=O) groups is 3. The monoisotopic (exact) mass is 379 g/mol. The van der Waals surface area contributed by atoms with E-state index in [9.17, 15) is 22.8 Å². The van der Waals surface area contributed by atoms with Crippen molar-refractivity contribution in [1.29, 1.82) is 0 Å². The zero-order valence-corrected chi connectivity index (χ0v) is 15.4. The Morgan fingerprint density at radius 1 is 1.19 bits per heavy atom. The number of sulfone groups is 1. The Balaban J connectivity index is 1.73. The molecular formula is C17H21N3O5S. The number of hydrogen-bond acceptors (Lipinski definition) is 5. The summed E-state index contributed by atoms with van der Waals surface area (Å²) in [5, 5.41) is 3.44. The topological polar surface area (TPSA) is 113 Å². The molecular weight excluding hydrogens is 358 g/mol. The second-order valence-corrected chi connectivity index (χ2v) is 9.09. The normalized spacial score (nSPS) is 26.1. The fraction of sp³-hybridized carbons (Fsp3) is 0.471. The van der Waals surface area contributed by atoms with E-state index < -0.39 is 33.2 Å². The summed E-state index contributed by atoms with van der Waals surface area (Å²) in [5.41, 5.74) is 1.53. The van der Waals surface area contributed by atoms with Crippen LogP contribution in [0, 0.1) is 5.92 Å². The second kappa shape index (κ2) is 6.39. The van der Waals surface area contributed by atoms with Crippen LogP contribution in [0.25, 0.3) is 0 Å². The maximum absolute atomic E-state index is 12.7. The Kier molecular flexibility index (Phi) is 4.51. The van der Waals surface area contributed by atoms with Gasteiger partial charge >= 0.3 is 6.03 Å². The van der Waals surface area contributed by atoms with Crippen LogP contribution in [0.1, 0.15) is 43.0 Å². The van der Waals surface area contributed by atoms with Gasteiger partial charge in [0, 0.05) is 11.8 Å². The van der Waals surface area contributed by atoms with E-state index in [1.165, 1.54) is 24.3 Å². The maximum atomic E-state index is 12.7.